The molecule has 0 radical (unpaired) electrons. The van der Waals surface area contributed by atoms with Gasteiger partial charge in [-0.3, -0.25) is 9.67 Å². The number of H-pyrrole nitrogens is 1. The molecular formula is C22H18ClF3N9O+. The molecule has 10 nitrogen and oxygen atoms in total. The molecule has 0 fully saturated rings. The third kappa shape index (κ3) is 4.33. The molecule has 184 valence electrons. The number of halogens is 4. The summed E-state index contributed by atoms with van der Waals surface area (Å²) in [5, 5.41) is 27.5. The van der Waals surface area contributed by atoms with Crippen molar-refractivity contribution in [1.82, 2.24) is 40.1 Å². The lowest BCUT2D eigenvalue weighted by Gasteiger charge is -2.17. The number of benzene rings is 1. The number of pyridine rings is 1. The fourth-order valence-corrected chi connectivity index (χ4v) is 4.09. The average molecular weight is 517 g/mol. The average Bonchev–Trinajstić information content (AvgIpc) is 3.66. The Bertz CT molecular complexity index is 1470. The summed E-state index contributed by atoms with van der Waals surface area (Å²) in [5.74, 6) is -0.634. The van der Waals surface area contributed by atoms with Crippen LogP contribution >= 0.6 is 11.6 Å². The van der Waals surface area contributed by atoms with Gasteiger partial charge in [0.2, 0.25) is 0 Å². The minimum atomic E-state index is -2.80. The van der Waals surface area contributed by atoms with Crippen molar-refractivity contribution >= 4 is 11.6 Å². The van der Waals surface area contributed by atoms with Crippen LogP contribution in [0.5, 0.6) is 0 Å². The molecule has 0 unspecified atom stereocenters. The van der Waals surface area contributed by atoms with Crippen molar-refractivity contribution in [2.45, 2.75) is 19.0 Å². The van der Waals surface area contributed by atoms with Crippen LogP contribution in [0.2, 0.25) is 5.02 Å². The first kappa shape index (κ1) is 23.6. The van der Waals surface area contributed by atoms with Crippen LogP contribution in [-0.2, 0) is 0 Å². The van der Waals surface area contributed by atoms with Gasteiger partial charge in [0.25, 0.3) is 6.33 Å². The van der Waals surface area contributed by atoms with Crippen molar-refractivity contribution in [3.05, 3.63) is 78.0 Å². The van der Waals surface area contributed by atoms with E-state index in [-0.39, 0.29) is 29.3 Å². The standard InChI is InChI=1S/C22H17ClF3N9O/c23-15-2-4-19(34-12-28-31-32-34)20(21(15)24)13-1-3-16(27-9-13)18(6-8-36)33-11-14(10-30-33)17-5-7-29-35(17)22(25)26/h1-5,7,9-12,18,22,36H,6,8H2/p+1/t18-/m1/s1. The van der Waals surface area contributed by atoms with Crippen molar-refractivity contribution in [3.8, 4) is 28.1 Å². The maximum absolute atomic E-state index is 15.1. The predicted molar refractivity (Wildman–Crippen MR) is 121 cm³/mol. The maximum atomic E-state index is 15.1. The summed E-state index contributed by atoms with van der Waals surface area (Å²) in [6.45, 7) is -2.97. The normalized spacial score (nSPS) is 12.4. The minimum Gasteiger partial charge on any atom is -0.396 e. The Morgan fingerprint density at radius 1 is 1.08 bits per heavy atom. The molecule has 14 heteroatoms. The van der Waals surface area contributed by atoms with Crippen LogP contribution in [0.15, 0.2) is 61.4 Å². The summed E-state index contributed by atoms with van der Waals surface area (Å²) in [6, 6.07) is 7.37. The number of aliphatic hydroxyl groups excluding tert-OH is 1. The van der Waals surface area contributed by atoms with E-state index in [0.29, 0.717) is 27.2 Å². The molecule has 5 rings (SSSR count). The van der Waals surface area contributed by atoms with Gasteiger partial charge in [0.05, 0.1) is 34.2 Å². The first-order valence-electron chi connectivity index (χ1n) is 10.7. The topological polar surface area (TPSA) is 114 Å². The van der Waals surface area contributed by atoms with Crippen LogP contribution in [0.3, 0.4) is 0 Å². The summed E-state index contributed by atoms with van der Waals surface area (Å²) in [6.07, 6.45) is 7.44. The fourth-order valence-electron chi connectivity index (χ4n) is 3.94. The second kappa shape index (κ2) is 9.87. The van der Waals surface area contributed by atoms with Gasteiger partial charge in [0.15, 0.2) is 11.0 Å². The highest BCUT2D eigenvalue weighted by atomic mass is 35.5. The van der Waals surface area contributed by atoms with E-state index in [1.165, 1.54) is 46.4 Å². The van der Waals surface area contributed by atoms with Gasteiger partial charge in [-0.2, -0.15) is 19.0 Å². The highest BCUT2D eigenvalue weighted by molar-refractivity contribution is 6.31. The highest BCUT2D eigenvalue weighted by Crippen LogP contribution is 2.32. The van der Waals surface area contributed by atoms with Gasteiger partial charge in [-0.05, 0) is 30.7 Å². The zero-order valence-electron chi connectivity index (χ0n) is 18.4. The Hall–Kier alpha value is -4.10. The molecular weight excluding hydrogens is 499 g/mol. The van der Waals surface area contributed by atoms with Crippen LogP contribution in [0.4, 0.5) is 13.2 Å². The van der Waals surface area contributed by atoms with Gasteiger partial charge in [-0.25, -0.2) is 9.07 Å². The monoisotopic (exact) mass is 516 g/mol. The summed E-state index contributed by atoms with van der Waals surface area (Å²) in [4.78, 5) is 4.49. The molecule has 0 spiro atoms. The van der Waals surface area contributed by atoms with Crippen molar-refractivity contribution in [2.24, 2.45) is 0 Å². The minimum absolute atomic E-state index is 0.0591. The molecule has 2 N–H and O–H groups in total. The number of nitrogens with one attached hydrogen (secondary N) is 1. The molecule has 0 amide bonds. The molecule has 5 aromatic rings. The van der Waals surface area contributed by atoms with E-state index in [0.717, 1.165) is 0 Å². The van der Waals surface area contributed by atoms with Gasteiger partial charge in [0, 0.05) is 36.3 Å². The van der Waals surface area contributed by atoms with Crippen molar-refractivity contribution in [1.29, 1.82) is 0 Å². The van der Waals surface area contributed by atoms with Crippen LogP contribution in [0.25, 0.3) is 28.1 Å². The zero-order chi connectivity index (χ0) is 25.2. The molecule has 0 saturated carbocycles. The van der Waals surface area contributed by atoms with Crippen LogP contribution < -0.4 is 4.68 Å². The Labute approximate surface area is 206 Å². The van der Waals surface area contributed by atoms with E-state index in [4.69, 9.17) is 11.6 Å². The first-order valence-corrected chi connectivity index (χ1v) is 11.0. The maximum Gasteiger partial charge on any atom is 0.333 e. The second-order valence-electron chi connectivity index (χ2n) is 7.70. The number of aliphatic hydroxyl groups is 1. The van der Waals surface area contributed by atoms with Crippen molar-refractivity contribution in [2.75, 3.05) is 6.61 Å². The molecule has 1 atom stereocenters. The van der Waals surface area contributed by atoms with Crippen LogP contribution in [0, 0.1) is 5.82 Å². The smallest absolute Gasteiger partial charge is 0.333 e. The highest BCUT2D eigenvalue weighted by Gasteiger charge is 2.22. The van der Waals surface area contributed by atoms with Gasteiger partial charge < -0.3 is 5.11 Å². The lowest BCUT2D eigenvalue weighted by atomic mass is 10.0. The quantitative estimate of drug-likeness (QED) is 0.306. The van der Waals surface area contributed by atoms with Gasteiger partial charge in [-0.1, -0.05) is 22.9 Å². The lowest BCUT2D eigenvalue weighted by molar-refractivity contribution is -0.659. The molecule has 1 aromatic carbocycles. The number of alkyl halides is 2. The third-order valence-corrected chi connectivity index (χ3v) is 5.89. The number of hydrogen-bond acceptors (Lipinski definition) is 6. The second-order valence-corrected chi connectivity index (χ2v) is 8.11. The summed E-state index contributed by atoms with van der Waals surface area (Å²) < 4.78 is 45.1. The number of aromatic amines is 1. The summed E-state index contributed by atoms with van der Waals surface area (Å²) in [7, 11) is 0. The number of hydrogen-bond donors (Lipinski definition) is 2. The fraction of sp³-hybridized carbons (Fsp3) is 0.182. The molecule has 36 heavy (non-hydrogen) atoms. The molecule has 4 aromatic heterocycles. The van der Waals surface area contributed by atoms with E-state index in [1.807, 2.05) is 0 Å². The Morgan fingerprint density at radius 3 is 2.64 bits per heavy atom. The number of rotatable bonds is 8. The molecule has 0 aliphatic rings. The third-order valence-electron chi connectivity index (χ3n) is 5.60. The molecule has 4 heterocycles. The van der Waals surface area contributed by atoms with Gasteiger partial charge >= 0.3 is 6.55 Å². The van der Waals surface area contributed by atoms with Crippen molar-refractivity contribution < 1.29 is 23.0 Å². The summed E-state index contributed by atoms with van der Waals surface area (Å²) in [5.41, 5.74) is 2.24. The lowest BCUT2D eigenvalue weighted by Crippen LogP contribution is -2.33. The number of tetrazole rings is 1. The molecule has 0 aliphatic heterocycles. The Balaban J connectivity index is 1.50. The number of aromatic nitrogens is 9. The van der Waals surface area contributed by atoms with E-state index in [9.17, 15) is 13.9 Å². The van der Waals surface area contributed by atoms with E-state index in [2.05, 4.69) is 30.7 Å². The van der Waals surface area contributed by atoms with E-state index in [1.54, 1.807) is 24.4 Å². The molecule has 0 aliphatic carbocycles. The SMILES string of the molecule is OCC[C@H](c1ccc(-c2c(-[n+]3cnn[nH]3)ccc(Cl)c2F)cn1)n1cc(-c2ccnn2C(F)F)cn1. The molecule has 0 bridgehead atoms. The van der Waals surface area contributed by atoms with Crippen LogP contribution in [-0.4, -0.2) is 51.8 Å². The molecule has 0 saturated heterocycles. The van der Waals surface area contributed by atoms with E-state index < -0.39 is 18.4 Å². The van der Waals surface area contributed by atoms with Crippen molar-refractivity contribution in [3.63, 3.8) is 0 Å². The van der Waals surface area contributed by atoms with E-state index >= 15 is 4.39 Å². The summed E-state index contributed by atoms with van der Waals surface area (Å²) >= 11 is 6.04. The van der Waals surface area contributed by atoms with Gasteiger partial charge in [-0.15, -0.1) is 4.68 Å². The van der Waals surface area contributed by atoms with Crippen LogP contribution in [0.1, 0.15) is 24.7 Å². The predicted octanol–water partition coefficient (Wildman–Crippen LogP) is 3.36. The zero-order valence-corrected chi connectivity index (χ0v) is 19.1. The Kier molecular flexibility index (Phi) is 6.48. The number of nitrogens with zero attached hydrogens (tertiary/aromatic N) is 8. The Morgan fingerprint density at radius 2 is 1.94 bits per heavy atom. The first-order chi connectivity index (χ1) is 17.5. The largest absolute Gasteiger partial charge is 0.396 e. The van der Waals surface area contributed by atoms with Gasteiger partial charge in [0.1, 0.15) is 10.8 Å².